The Hall–Kier alpha value is 3.62. The van der Waals surface area contributed by atoms with Crippen LogP contribution >= 0.6 is 0 Å². The standard InChI is InChI=1S/ClH.Cr.2K.H2O.3O/h1H;;;;1H2;;;/q;3*+1;;;;-1/p-2. The molecule has 0 saturated heterocycles. The summed E-state index contributed by atoms with van der Waals surface area (Å²) < 4.78 is 33.1. The van der Waals surface area contributed by atoms with E-state index in [0.29, 0.717) is 0 Å². The fourth-order valence-corrected chi connectivity index (χ4v) is 0. The van der Waals surface area contributed by atoms with Gasteiger partial charge >= 0.3 is 132 Å². The van der Waals surface area contributed by atoms with Crippen molar-refractivity contribution in [3.8, 4) is 0 Å². The predicted molar refractivity (Wildman–Crippen MR) is 3.59 cm³/mol. The molecular formula is HClCrK2O4. The van der Waals surface area contributed by atoms with E-state index < -0.39 is 13.6 Å². The second kappa shape index (κ2) is 10.6. The fraction of sp³-hybridized carbons (Fsp3) is 0. The van der Waals surface area contributed by atoms with Crippen molar-refractivity contribution in [3.63, 3.8) is 0 Å². The van der Waals surface area contributed by atoms with Crippen LogP contribution in [0, 0.1) is 0 Å². The van der Waals surface area contributed by atoms with E-state index >= 15 is 0 Å². The normalized spacial score (nSPS) is 7.25. The summed E-state index contributed by atoms with van der Waals surface area (Å²) in [5, 5.41) is 0. The third-order valence-corrected chi connectivity index (χ3v) is 0. The van der Waals surface area contributed by atoms with Crippen molar-refractivity contribution < 1.29 is 145 Å². The Labute approximate surface area is 140 Å². The van der Waals surface area contributed by atoms with Crippen LogP contribution in [0.3, 0.4) is 0 Å². The Morgan fingerprint density at radius 2 is 1.25 bits per heavy atom. The van der Waals surface area contributed by atoms with Crippen molar-refractivity contribution in [1.82, 2.24) is 0 Å². The summed E-state index contributed by atoms with van der Waals surface area (Å²) in [6.07, 6.45) is 0. The van der Waals surface area contributed by atoms with Gasteiger partial charge in [-0.05, 0) is 0 Å². The molecule has 0 aromatic rings. The van der Waals surface area contributed by atoms with Gasteiger partial charge in [-0.15, -0.1) is 0 Å². The van der Waals surface area contributed by atoms with Crippen LogP contribution in [-0.4, -0.2) is 4.16 Å². The van der Waals surface area contributed by atoms with Crippen molar-refractivity contribution in [2.24, 2.45) is 0 Å². The van der Waals surface area contributed by atoms with Gasteiger partial charge in [0.2, 0.25) is 0 Å². The van der Waals surface area contributed by atoms with Crippen LogP contribution in [0.15, 0.2) is 0 Å². The Balaban J connectivity index is -0.0000000267. The van der Waals surface area contributed by atoms with Gasteiger partial charge in [0, 0.05) is 0 Å². The van der Waals surface area contributed by atoms with Crippen molar-refractivity contribution in [2.45, 2.75) is 0 Å². The van der Waals surface area contributed by atoms with Gasteiger partial charge < -0.3 is 12.4 Å². The van der Waals surface area contributed by atoms with Gasteiger partial charge in [-0.3, -0.25) is 0 Å². The molecule has 0 fully saturated rings. The predicted octanol–water partition coefficient (Wildman–Crippen LogP) is -11.0. The molecule has 0 radical (unpaired) electrons. The molecule has 4 nitrogen and oxygen atoms in total. The molecule has 8 heteroatoms. The van der Waals surface area contributed by atoms with Crippen LogP contribution < -0.4 is 119 Å². The second-order valence-electron chi connectivity index (χ2n) is 0.428. The summed E-state index contributed by atoms with van der Waals surface area (Å²) >= 11 is -5.50. The van der Waals surface area contributed by atoms with Crippen LogP contribution in [0.2, 0.25) is 0 Å². The maximum absolute atomic E-state index is 8.70. The summed E-state index contributed by atoms with van der Waals surface area (Å²) in [5.74, 6) is 0. The quantitative estimate of drug-likeness (QED) is 0.420. The van der Waals surface area contributed by atoms with Crippen LogP contribution in [0.4, 0.5) is 0 Å². The van der Waals surface area contributed by atoms with E-state index in [1.54, 1.807) is 0 Å². The molecule has 0 aliphatic heterocycles. The fourth-order valence-electron chi connectivity index (χ4n) is 0. The summed E-state index contributed by atoms with van der Waals surface area (Å²) in [4.78, 5) is 0. The molecule has 0 bridgehead atoms. The van der Waals surface area contributed by atoms with Crippen molar-refractivity contribution >= 4 is 0 Å². The molecule has 0 aliphatic carbocycles. The molecule has 40 valence electrons. The summed E-state index contributed by atoms with van der Waals surface area (Å²) in [7, 11) is 0. The Kier molecular flexibility index (Phi) is 29.9. The topological polar surface area (TPSA) is 77.4 Å². The van der Waals surface area contributed by atoms with Gasteiger partial charge in [-0.25, -0.2) is 0 Å². The van der Waals surface area contributed by atoms with Gasteiger partial charge in [0.05, 0.1) is 0 Å². The zero-order valence-electron chi connectivity index (χ0n) is 4.46. The molecule has 0 aliphatic rings. The number of hydrogen-bond donors (Lipinski definition) is 1. The number of hydrogen-bond acceptors (Lipinski definition) is 3. The van der Waals surface area contributed by atoms with Crippen molar-refractivity contribution in [2.75, 3.05) is 0 Å². The van der Waals surface area contributed by atoms with Gasteiger partial charge in [0.25, 0.3) is 0 Å². The average molecular weight is 231 g/mol. The molecule has 0 atom stereocenters. The summed E-state index contributed by atoms with van der Waals surface area (Å²) in [6, 6.07) is 0. The van der Waals surface area contributed by atoms with Crippen LogP contribution in [0.5, 0.6) is 0 Å². The van der Waals surface area contributed by atoms with E-state index in [9.17, 15) is 0 Å². The Morgan fingerprint density at radius 1 is 1.25 bits per heavy atom. The summed E-state index contributed by atoms with van der Waals surface area (Å²) in [6.45, 7) is 0. The third kappa shape index (κ3) is 54.6. The maximum atomic E-state index is 8.70. The zero-order chi connectivity index (χ0) is 4.50. The van der Waals surface area contributed by atoms with E-state index in [1.807, 2.05) is 0 Å². The van der Waals surface area contributed by atoms with Gasteiger partial charge in [-0.1, -0.05) is 0 Å². The molecule has 0 aromatic carbocycles. The molecule has 0 heterocycles. The van der Waals surface area contributed by atoms with E-state index in [2.05, 4.69) is 0 Å². The number of halogens is 1. The first-order chi connectivity index (χ1) is 2.00. The second-order valence-corrected chi connectivity index (χ2v) is 1.76. The number of rotatable bonds is 0. The molecule has 0 aromatic heterocycles. The molecule has 0 unspecified atom stereocenters. The molecular weight excluding hydrogens is 230 g/mol. The van der Waals surface area contributed by atoms with Crippen molar-refractivity contribution in [1.29, 1.82) is 0 Å². The summed E-state index contributed by atoms with van der Waals surface area (Å²) in [5.41, 5.74) is 0. The van der Waals surface area contributed by atoms with Gasteiger partial charge in [-0.2, -0.15) is 0 Å². The third-order valence-electron chi connectivity index (χ3n) is 0. The van der Waals surface area contributed by atoms with E-state index in [1.165, 1.54) is 0 Å². The molecule has 0 amide bonds. The van der Waals surface area contributed by atoms with Gasteiger partial charge in [0.1, 0.15) is 0 Å². The zero-order valence-corrected chi connectivity index (χ0v) is 12.7. The first-order valence-electron chi connectivity index (χ1n) is 0.683. The molecule has 1 N–H and O–H groups in total. The van der Waals surface area contributed by atoms with Crippen LogP contribution in [0.1, 0.15) is 0 Å². The monoisotopic (exact) mass is 230 g/mol. The molecule has 0 saturated carbocycles. The van der Waals surface area contributed by atoms with Gasteiger partial charge in [0.15, 0.2) is 0 Å². The van der Waals surface area contributed by atoms with E-state index in [-0.39, 0.29) is 115 Å². The molecule has 0 spiro atoms. The molecule has 0 rings (SSSR count). The van der Waals surface area contributed by atoms with E-state index in [0.717, 1.165) is 0 Å². The first kappa shape index (κ1) is 22.6. The average Bonchev–Trinajstić information content (AvgIpc) is 0.722. The van der Waals surface area contributed by atoms with Crippen LogP contribution in [0.25, 0.3) is 0 Å². The van der Waals surface area contributed by atoms with Crippen molar-refractivity contribution in [3.05, 3.63) is 0 Å². The molecule has 8 heavy (non-hydrogen) atoms. The van der Waals surface area contributed by atoms with E-state index in [4.69, 9.17) is 15.9 Å². The van der Waals surface area contributed by atoms with Crippen LogP contribution in [-0.2, 0) is 21.2 Å². The SMILES string of the molecule is [Cl-].[K+].[K+].[O]=[Cr](=[O])([O-])[OH]. The minimum atomic E-state index is -5.50. The first-order valence-corrected chi connectivity index (χ1v) is 2.81. The minimum absolute atomic E-state index is 0. The Morgan fingerprint density at radius 3 is 1.25 bits per heavy atom. The Bertz CT molecular complexity index is 97.2.